The molecule has 3 rings (SSSR count). The number of amides is 1. The van der Waals surface area contributed by atoms with Crippen LogP contribution in [0.4, 0.5) is 5.69 Å². The molecule has 2 aromatic rings. The predicted octanol–water partition coefficient (Wildman–Crippen LogP) is 3.94. The number of nitrogens with zero attached hydrogens (tertiary/aromatic N) is 1. The van der Waals surface area contributed by atoms with Crippen molar-refractivity contribution in [2.75, 3.05) is 5.32 Å². The van der Waals surface area contributed by atoms with Gasteiger partial charge in [0.05, 0.1) is 5.69 Å². The average Bonchev–Trinajstić information content (AvgIpc) is 3.18. The van der Waals surface area contributed by atoms with E-state index < -0.39 is 0 Å². The number of aromatic nitrogens is 1. The summed E-state index contributed by atoms with van der Waals surface area (Å²) in [7, 11) is 0. The van der Waals surface area contributed by atoms with Crippen LogP contribution in [0, 0.1) is 6.92 Å². The molecular formula is C17H20N2O3. The molecule has 0 bridgehead atoms. The van der Waals surface area contributed by atoms with Crippen LogP contribution in [0.15, 0.2) is 22.9 Å². The molecule has 1 aliphatic rings. The first-order valence-corrected chi connectivity index (χ1v) is 7.56. The van der Waals surface area contributed by atoms with Crippen LogP contribution < -0.4 is 5.32 Å². The minimum atomic E-state index is -0.216. The first kappa shape index (κ1) is 14.6. The van der Waals surface area contributed by atoms with Gasteiger partial charge in [-0.05, 0) is 48.9 Å². The summed E-state index contributed by atoms with van der Waals surface area (Å²) >= 11 is 0. The van der Waals surface area contributed by atoms with Gasteiger partial charge in [0.2, 0.25) is 0 Å². The van der Waals surface area contributed by atoms with Gasteiger partial charge >= 0.3 is 0 Å². The lowest BCUT2D eigenvalue weighted by atomic mass is 9.99. The number of hydrogen-bond acceptors (Lipinski definition) is 4. The molecule has 1 aromatic heterocycles. The Balaban J connectivity index is 1.87. The van der Waals surface area contributed by atoms with Gasteiger partial charge in [-0.15, -0.1) is 0 Å². The first-order chi connectivity index (χ1) is 10.5. The number of carbonyl (C=O) groups is 1. The zero-order valence-corrected chi connectivity index (χ0v) is 13.0. The molecule has 0 atom stereocenters. The van der Waals surface area contributed by atoms with Crippen LogP contribution in [0.2, 0.25) is 0 Å². The van der Waals surface area contributed by atoms with Gasteiger partial charge in [-0.2, -0.15) is 0 Å². The number of aryl methyl sites for hydroxylation is 1. The molecule has 1 amide bonds. The topological polar surface area (TPSA) is 75.4 Å². The minimum absolute atomic E-state index is 0.175. The van der Waals surface area contributed by atoms with E-state index in [9.17, 15) is 9.90 Å². The predicted molar refractivity (Wildman–Crippen MR) is 83.4 cm³/mol. The van der Waals surface area contributed by atoms with Gasteiger partial charge in [-0.25, -0.2) is 0 Å². The van der Waals surface area contributed by atoms with E-state index in [1.165, 1.54) is 6.26 Å². The third-order valence-electron chi connectivity index (χ3n) is 4.05. The summed E-state index contributed by atoms with van der Waals surface area (Å²) in [6, 6.07) is 3.51. The second-order valence-electron chi connectivity index (χ2n) is 6.22. The van der Waals surface area contributed by atoms with Crippen molar-refractivity contribution in [3.8, 4) is 5.75 Å². The van der Waals surface area contributed by atoms with Crippen molar-refractivity contribution in [2.45, 2.75) is 45.4 Å². The number of phenols is 1. The Morgan fingerprint density at radius 3 is 2.77 bits per heavy atom. The second-order valence-corrected chi connectivity index (χ2v) is 6.22. The Bertz CT molecular complexity index is 715. The number of hydrogen-bond donors (Lipinski definition) is 2. The summed E-state index contributed by atoms with van der Waals surface area (Å²) in [5.74, 6) is 0.571. The normalized spacial score (nSPS) is 14.4. The third kappa shape index (κ3) is 2.71. The molecule has 116 valence electrons. The maximum atomic E-state index is 12.5. The van der Waals surface area contributed by atoms with Crippen LogP contribution in [0.1, 0.15) is 65.7 Å². The molecule has 1 fully saturated rings. The van der Waals surface area contributed by atoms with Gasteiger partial charge in [-0.3, -0.25) is 4.79 Å². The largest absolute Gasteiger partial charge is 0.508 e. The van der Waals surface area contributed by atoms with E-state index >= 15 is 0 Å². The molecule has 0 spiro atoms. The summed E-state index contributed by atoms with van der Waals surface area (Å²) in [6.45, 7) is 5.86. The van der Waals surface area contributed by atoms with Crippen molar-refractivity contribution in [1.82, 2.24) is 5.16 Å². The molecule has 0 radical (unpaired) electrons. The van der Waals surface area contributed by atoms with Gasteiger partial charge in [0.1, 0.15) is 17.6 Å². The lowest BCUT2D eigenvalue weighted by Crippen LogP contribution is -2.14. The van der Waals surface area contributed by atoms with Gasteiger partial charge in [0, 0.05) is 11.6 Å². The van der Waals surface area contributed by atoms with E-state index in [-0.39, 0.29) is 17.6 Å². The first-order valence-electron chi connectivity index (χ1n) is 7.56. The fourth-order valence-corrected chi connectivity index (χ4v) is 2.56. The number of carbonyl (C=O) groups excluding carboxylic acids is 1. The summed E-state index contributed by atoms with van der Waals surface area (Å²) in [4.78, 5) is 12.5. The van der Waals surface area contributed by atoms with Crippen molar-refractivity contribution >= 4 is 11.6 Å². The number of benzene rings is 1. The van der Waals surface area contributed by atoms with Crippen LogP contribution in [-0.2, 0) is 0 Å². The summed E-state index contributed by atoms with van der Waals surface area (Å²) in [5, 5.41) is 16.8. The van der Waals surface area contributed by atoms with Crippen LogP contribution in [0.3, 0.4) is 0 Å². The van der Waals surface area contributed by atoms with Gasteiger partial charge in [0.15, 0.2) is 0 Å². The van der Waals surface area contributed by atoms with Crippen LogP contribution in [0.25, 0.3) is 0 Å². The van der Waals surface area contributed by atoms with E-state index in [1.54, 1.807) is 6.07 Å². The molecule has 1 aromatic carbocycles. The van der Waals surface area contributed by atoms with E-state index in [4.69, 9.17) is 4.52 Å². The molecule has 2 N–H and O–H groups in total. The fourth-order valence-electron chi connectivity index (χ4n) is 2.56. The number of aromatic hydroxyl groups is 1. The summed E-state index contributed by atoms with van der Waals surface area (Å²) in [6.07, 6.45) is 3.52. The molecule has 1 aliphatic carbocycles. The monoisotopic (exact) mass is 300 g/mol. The minimum Gasteiger partial charge on any atom is -0.508 e. The number of anilines is 1. The number of phenolic OH excluding ortho intramolecular Hbond substituents is 1. The molecule has 1 heterocycles. The van der Waals surface area contributed by atoms with Gasteiger partial charge in [-0.1, -0.05) is 19.0 Å². The highest BCUT2D eigenvalue weighted by Gasteiger charge is 2.31. The van der Waals surface area contributed by atoms with Crippen molar-refractivity contribution in [3.05, 3.63) is 40.8 Å². The Morgan fingerprint density at radius 1 is 1.41 bits per heavy atom. The maximum Gasteiger partial charge on any atom is 0.260 e. The number of nitrogens with one attached hydrogen (secondary N) is 1. The van der Waals surface area contributed by atoms with Gasteiger partial charge < -0.3 is 14.9 Å². The Kier molecular flexibility index (Phi) is 3.64. The van der Waals surface area contributed by atoms with Crippen LogP contribution in [-0.4, -0.2) is 16.2 Å². The zero-order valence-electron chi connectivity index (χ0n) is 13.0. The molecule has 5 heteroatoms. The molecule has 1 saturated carbocycles. The molecule has 0 saturated heterocycles. The smallest absolute Gasteiger partial charge is 0.260 e. The lowest BCUT2D eigenvalue weighted by Gasteiger charge is -2.14. The average molecular weight is 300 g/mol. The van der Waals surface area contributed by atoms with Gasteiger partial charge in [0.25, 0.3) is 5.91 Å². The van der Waals surface area contributed by atoms with Crippen molar-refractivity contribution in [1.29, 1.82) is 0 Å². The van der Waals surface area contributed by atoms with E-state index in [0.29, 0.717) is 17.2 Å². The SMILES string of the molecule is Cc1cc(O)c(C(C)C)cc1NC(=O)c1conc1C1CC1. The zero-order chi connectivity index (χ0) is 15.9. The highest BCUT2D eigenvalue weighted by atomic mass is 16.5. The van der Waals surface area contributed by atoms with Crippen molar-refractivity contribution in [3.63, 3.8) is 0 Å². The van der Waals surface area contributed by atoms with Crippen molar-refractivity contribution < 1.29 is 14.4 Å². The van der Waals surface area contributed by atoms with Crippen LogP contribution in [0.5, 0.6) is 5.75 Å². The van der Waals surface area contributed by atoms with Crippen molar-refractivity contribution in [2.24, 2.45) is 0 Å². The second kappa shape index (κ2) is 5.48. The van der Waals surface area contributed by atoms with E-state index in [0.717, 1.165) is 29.7 Å². The highest BCUT2D eigenvalue weighted by molar-refractivity contribution is 6.05. The molecule has 22 heavy (non-hydrogen) atoms. The number of rotatable bonds is 4. The molecule has 5 nitrogen and oxygen atoms in total. The van der Waals surface area contributed by atoms with E-state index in [1.807, 2.05) is 26.8 Å². The molecular weight excluding hydrogens is 280 g/mol. The Hall–Kier alpha value is -2.30. The third-order valence-corrected chi connectivity index (χ3v) is 4.05. The highest BCUT2D eigenvalue weighted by Crippen LogP contribution is 2.41. The van der Waals surface area contributed by atoms with E-state index in [2.05, 4.69) is 10.5 Å². The molecule has 0 unspecified atom stereocenters. The summed E-state index contributed by atoms with van der Waals surface area (Å²) in [5.41, 5.74) is 3.59. The standard InChI is InChI=1S/C17H20N2O3/c1-9(2)12-7-14(10(3)6-15(12)20)18-17(21)13-8-22-19-16(13)11-4-5-11/h6-9,11,20H,4-5H2,1-3H3,(H,18,21). The maximum absolute atomic E-state index is 12.5. The lowest BCUT2D eigenvalue weighted by molar-refractivity contribution is 0.102. The molecule has 0 aliphatic heterocycles. The Morgan fingerprint density at radius 2 is 2.14 bits per heavy atom. The fraction of sp³-hybridized carbons (Fsp3) is 0.412. The van der Waals surface area contributed by atoms with Crippen LogP contribution >= 0.6 is 0 Å². The Labute approximate surface area is 129 Å². The summed E-state index contributed by atoms with van der Waals surface area (Å²) < 4.78 is 4.97. The quantitative estimate of drug-likeness (QED) is 0.838.